The zero-order valence-corrected chi connectivity index (χ0v) is 25.3. The highest BCUT2D eigenvalue weighted by molar-refractivity contribution is 5.98. The number of carbonyl (C=O) groups is 3. The highest BCUT2D eigenvalue weighted by Gasteiger charge is 2.31. The largest absolute Gasteiger partial charge is 0.371 e. The molecular formula is C34H40N6O5. The number of nitriles is 1. The molecule has 11 heteroatoms. The number of nitrogens with zero attached hydrogens (tertiary/aromatic N) is 3. The quantitative estimate of drug-likeness (QED) is 0.207. The van der Waals surface area contributed by atoms with E-state index in [0.717, 1.165) is 62.5 Å². The molecule has 0 unspecified atom stereocenters. The molecule has 1 heterocycles. The van der Waals surface area contributed by atoms with Crippen molar-refractivity contribution < 1.29 is 23.9 Å². The lowest BCUT2D eigenvalue weighted by Crippen LogP contribution is -2.48. The standard InChI is InChI=1S/C34H40N6O5/c35-23-36-33(42)28-19-29(34(43)38-27-16-8-10-18-31(27)45-22-25-13-5-2-6-14-25)40(39-28)20-32(41)37-26-15-7-9-17-30(26)44-21-24-11-3-1-4-12-24/h1-6,11-14,19,26-27,30-31H,7-10,15-18,20-22H2,(H,36,42)(H,37,41)(H,38,43)/t26-,27-,30-,31-/m0/s1. The van der Waals surface area contributed by atoms with Crippen LogP contribution in [-0.2, 0) is 34.0 Å². The summed E-state index contributed by atoms with van der Waals surface area (Å²) in [6.45, 7) is 0.616. The molecule has 2 saturated carbocycles. The van der Waals surface area contributed by atoms with Crippen molar-refractivity contribution in [3.8, 4) is 6.19 Å². The Morgan fingerprint density at radius 2 is 1.31 bits per heavy atom. The van der Waals surface area contributed by atoms with E-state index in [9.17, 15) is 14.4 Å². The van der Waals surface area contributed by atoms with Crippen molar-refractivity contribution in [2.75, 3.05) is 0 Å². The van der Waals surface area contributed by atoms with E-state index in [2.05, 4.69) is 15.7 Å². The normalized spacial score (nSPS) is 21.3. The molecule has 3 aromatic rings. The molecule has 2 fully saturated rings. The number of hydrogen-bond acceptors (Lipinski definition) is 7. The van der Waals surface area contributed by atoms with E-state index in [4.69, 9.17) is 14.7 Å². The lowest BCUT2D eigenvalue weighted by molar-refractivity contribution is -0.124. The van der Waals surface area contributed by atoms with Crippen LogP contribution >= 0.6 is 0 Å². The van der Waals surface area contributed by atoms with Crippen LogP contribution in [0.5, 0.6) is 0 Å². The number of ether oxygens (including phenoxy) is 2. The molecule has 1 aromatic heterocycles. The van der Waals surface area contributed by atoms with Gasteiger partial charge in [0.2, 0.25) is 5.91 Å². The van der Waals surface area contributed by atoms with Gasteiger partial charge in [-0.15, -0.1) is 0 Å². The van der Waals surface area contributed by atoms with Crippen LogP contribution in [0.15, 0.2) is 66.7 Å². The van der Waals surface area contributed by atoms with E-state index >= 15 is 0 Å². The van der Waals surface area contributed by atoms with E-state index in [1.165, 1.54) is 10.7 Å². The van der Waals surface area contributed by atoms with Crippen molar-refractivity contribution in [1.82, 2.24) is 25.7 Å². The highest BCUT2D eigenvalue weighted by atomic mass is 16.5. The summed E-state index contributed by atoms with van der Waals surface area (Å²) in [6.07, 6.45) is 8.37. The van der Waals surface area contributed by atoms with Gasteiger partial charge in [0.15, 0.2) is 11.9 Å². The van der Waals surface area contributed by atoms with Gasteiger partial charge < -0.3 is 20.1 Å². The highest BCUT2D eigenvalue weighted by Crippen LogP contribution is 2.24. The third-order valence-electron chi connectivity index (χ3n) is 8.39. The average molecular weight is 613 g/mol. The second-order valence-corrected chi connectivity index (χ2v) is 11.6. The van der Waals surface area contributed by atoms with Crippen molar-refractivity contribution >= 4 is 17.7 Å². The molecule has 11 nitrogen and oxygen atoms in total. The molecule has 45 heavy (non-hydrogen) atoms. The van der Waals surface area contributed by atoms with Crippen molar-refractivity contribution in [2.45, 2.75) is 95.4 Å². The van der Waals surface area contributed by atoms with E-state index in [-0.39, 0.29) is 48.1 Å². The monoisotopic (exact) mass is 612 g/mol. The van der Waals surface area contributed by atoms with E-state index < -0.39 is 11.8 Å². The molecule has 0 saturated heterocycles. The lowest BCUT2D eigenvalue weighted by atomic mass is 9.92. The van der Waals surface area contributed by atoms with Crippen molar-refractivity contribution in [2.24, 2.45) is 0 Å². The Balaban J connectivity index is 1.25. The van der Waals surface area contributed by atoms with Gasteiger partial charge in [-0.05, 0) is 36.8 Å². The number of rotatable bonds is 12. The van der Waals surface area contributed by atoms with Crippen LogP contribution in [0.25, 0.3) is 0 Å². The summed E-state index contributed by atoms with van der Waals surface area (Å²) in [5, 5.41) is 21.4. The van der Waals surface area contributed by atoms with Crippen LogP contribution in [0.3, 0.4) is 0 Å². The minimum Gasteiger partial charge on any atom is -0.371 e. The Morgan fingerprint density at radius 3 is 1.87 bits per heavy atom. The first-order valence-corrected chi connectivity index (χ1v) is 15.7. The fourth-order valence-electron chi connectivity index (χ4n) is 6.05. The zero-order chi connectivity index (χ0) is 31.4. The Morgan fingerprint density at radius 1 is 0.778 bits per heavy atom. The number of hydrogen-bond donors (Lipinski definition) is 3. The summed E-state index contributed by atoms with van der Waals surface area (Å²) in [5.41, 5.74) is 2.04. The average Bonchev–Trinajstić information content (AvgIpc) is 3.49. The lowest BCUT2D eigenvalue weighted by Gasteiger charge is -2.32. The molecule has 236 valence electrons. The Bertz CT molecular complexity index is 1470. The van der Waals surface area contributed by atoms with Gasteiger partial charge in [0, 0.05) is 6.07 Å². The predicted octanol–water partition coefficient (Wildman–Crippen LogP) is 4.00. The molecule has 0 radical (unpaired) electrons. The van der Waals surface area contributed by atoms with Crippen LogP contribution < -0.4 is 16.0 Å². The van der Waals surface area contributed by atoms with E-state index in [1.807, 2.05) is 66.0 Å². The van der Waals surface area contributed by atoms with Crippen LogP contribution in [0.2, 0.25) is 0 Å². The minimum absolute atomic E-state index is 0.0566. The summed E-state index contributed by atoms with van der Waals surface area (Å²) < 4.78 is 13.6. The van der Waals surface area contributed by atoms with Crippen LogP contribution in [0.1, 0.15) is 83.5 Å². The number of nitrogens with one attached hydrogen (secondary N) is 3. The number of benzene rings is 2. The van der Waals surface area contributed by atoms with Gasteiger partial charge in [-0.2, -0.15) is 10.4 Å². The molecule has 0 bridgehead atoms. The maximum Gasteiger partial charge on any atom is 0.284 e. The number of amides is 3. The van der Waals surface area contributed by atoms with Gasteiger partial charge in [-0.25, -0.2) is 4.68 Å². The molecular weight excluding hydrogens is 572 g/mol. The summed E-state index contributed by atoms with van der Waals surface area (Å²) in [7, 11) is 0. The Kier molecular flexibility index (Phi) is 11.3. The third kappa shape index (κ3) is 9.00. The summed E-state index contributed by atoms with van der Waals surface area (Å²) in [6, 6.07) is 20.7. The fraction of sp³-hybridized carbons (Fsp3) is 0.441. The first kappa shape index (κ1) is 31.9. The van der Waals surface area contributed by atoms with Crippen molar-refractivity contribution in [3.63, 3.8) is 0 Å². The SMILES string of the molecule is N#CNC(=O)c1cc(C(=O)N[C@H]2CCCC[C@@H]2OCc2ccccc2)n(CC(=O)N[C@H]2CCCC[C@@H]2OCc2ccccc2)n1. The molecule has 4 atom stereocenters. The first-order chi connectivity index (χ1) is 22.0. The van der Waals surface area contributed by atoms with Gasteiger partial charge >= 0.3 is 0 Å². The maximum atomic E-state index is 13.6. The van der Waals surface area contributed by atoms with Gasteiger partial charge in [0.25, 0.3) is 11.8 Å². The Hall–Kier alpha value is -4.53. The van der Waals surface area contributed by atoms with Crippen LogP contribution in [0.4, 0.5) is 0 Å². The second kappa shape index (κ2) is 16.0. The summed E-state index contributed by atoms with van der Waals surface area (Å²) in [4.78, 5) is 39.4. The molecule has 2 aromatic carbocycles. The van der Waals surface area contributed by atoms with Gasteiger partial charge in [0.1, 0.15) is 12.2 Å². The summed E-state index contributed by atoms with van der Waals surface area (Å²) in [5.74, 6) is -1.57. The van der Waals surface area contributed by atoms with Gasteiger partial charge in [0.05, 0.1) is 37.5 Å². The minimum atomic E-state index is -0.755. The predicted molar refractivity (Wildman–Crippen MR) is 165 cm³/mol. The molecule has 0 aliphatic heterocycles. The Labute approximate surface area is 263 Å². The second-order valence-electron chi connectivity index (χ2n) is 11.6. The molecule has 2 aliphatic carbocycles. The molecule has 0 spiro atoms. The van der Waals surface area contributed by atoms with Crippen LogP contribution in [-0.4, -0.2) is 51.8 Å². The topological polar surface area (TPSA) is 147 Å². The smallest absolute Gasteiger partial charge is 0.284 e. The van der Waals surface area contributed by atoms with Crippen LogP contribution in [0, 0.1) is 11.5 Å². The van der Waals surface area contributed by atoms with E-state index in [0.29, 0.717) is 13.2 Å². The third-order valence-corrected chi connectivity index (χ3v) is 8.39. The molecule has 3 N–H and O–H groups in total. The zero-order valence-electron chi connectivity index (χ0n) is 25.3. The van der Waals surface area contributed by atoms with E-state index in [1.54, 1.807) is 6.19 Å². The molecule has 3 amide bonds. The molecule has 2 aliphatic rings. The van der Waals surface area contributed by atoms with Gasteiger partial charge in [-0.1, -0.05) is 86.3 Å². The van der Waals surface area contributed by atoms with Crippen molar-refractivity contribution in [3.05, 3.63) is 89.2 Å². The van der Waals surface area contributed by atoms with Crippen molar-refractivity contribution in [1.29, 1.82) is 5.26 Å². The van der Waals surface area contributed by atoms with Gasteiger partial charge in [-0.3, -0.25) is 19.7 Å². The molecule has 5 rings (SSSR count). The first-order valence-electron chi connectivity index (χ1n) is 15.7. The number of carbonyl (C=O) groups excluding carboxylic acids is 3. The maximum absolute atomic E-state index is 13.6. The fourth-order valence-corrected chi connectivity index (χ4v) is 6.05. The number of aromatic nitrogens is 2. The summed E-state index contributed by atoms with van der Waals surface area (Å²) >= 11 is 0.